The Morgan fingerprint density at radius 1 is 1.31 bits per heavy atom. The molecule has 1 fully saturated rings. The number of hydrogen-bond acceptors (Lipinski definition) is 3. The van der Waals surface area contributed by atoms with Crippen molar-refractivity contribution in [3.63, 3.8) is 0 Å². The molecule has 5 nitrogen and oxygen atoms in total. The lowest BCUT2D eigenvalue weighted by molar-refractivity contribution is -0.123. The maximum Gasteiger partial charge on any atom is 0.236 e. The Bertz CT molecular complexity index is 838. The molecule has 1 aliphatic heterocycles. The first-order valence-electron chi connectivity index (χ1n) is 9.15. The number of hydrogen-bond donors (Lipinski definition) is 1. The van der Waals surface area contributed by atoms with Crippen molar-refractivity contribution < 1.29 is 13.2 Å². The number of benzene rings is 1. The van der Waals surface area contributed by atoms with Crippen molar-refractivity contribution in [1.29, 1.82) is 0 Å². The van der Waals surface area contributed by atoms with Crippen molar-refractivity contribution in [2.45, 2.75) is 34.1 Å². The number of anilines is 1. The highest BCUT2D eigenvalue weighted by Gasteiger charge is 2.60. The molecule has 6 heteroatoms. The average molecular weight is 377 g/mol. The molecule has 142 valence electrons. The fourth-order valence-corrected chi connectivity index (χ4v) is 5.40. The molecule has 1 amide bonds. The zero-order chi connectivity index (χ0) is 19.1. The van der Waals surface area contributed by atoms with Crippen LogP contribution in [0.4, 0.5) is 5.69 Å². The standard InChI is InChI=1S/C20H28N2O3S/c1-14(2)13-16-18(20(16,3)4)19(23)21-10-12-26(24,25)22-11-9-15-7-5-6-8-17(15)22/h5-8,13,16,18H,9-12H2,1-4H3,(H,21,23)/t16-,18+/m1/s1. The molecular weight excluding hydrogens is 348 g/mol. The minimum Gasteiger partial charge on any atom is -0.355 e. The number of sulfonamides is 1. The number of nitrogens with zero attached hydrogens (tertiary/aromatic N) is 1. The van der Waals surface area contributed by atoms with Crippen LogP contribution in [0.15, 0.2) is 35.9 Å². The van der Waals surface area contributed by atoms with Gasteiger partial charge in [0.25, 0.3) is 0 Å². The van der Waals surface area contributed by atoms with Crippen LogP contribution in [0, 0.1) is 17.3 Å². The Hall–Kier alpha value is -1.82. The second-order valence-corrected chi connectivity index (χ2v) is 10.1. The molecule has 0 unspecified atom stereocenters. The number of fused-ring (bicyclic) bond motifs is 1. The number of para-hydroxylation sites is 1. The van der Waals surface area contributed by atoms with E-state index >= 15 is 0 Å². The van der Waals surface area contributed by atoms with E-state index in [9.17, 15) is 13.2 Å². The smallest absolute Gasteiger partial charge is 0.236 e. The molecule has 0 aromatic heterocycles. The van der Waals surface area contributed by atoms with Gasteiger partial charge in [-0.05, 0) is 43.2 Å². The van der Waals surface area contributed by atoms with Crippen LogP contribution in [0.5, 0.6) is 0 Å². The van der Waals surface area contributed by atoms with Gasteiger partial charge in [-0.3, -0.25) is 9.10 Å². The molecule has 0 radical (unpaired) electrons. The van der Waals surface area contributed by atoms with E-state index in [1.807, 2.05) is 38.1 Å². The SMILES string of the molecule is CC(C)=C[C@@H]1[C@@H](C(=O)NCCS(=O)(=O)N2CCc3ccccc32)C1(C)C. The van der Waals surface area contributed by atoms with E-state index in [4.69, 9.17) is 0 Å². The van der Waals surface area contributed by atoms with Crippen molar-refractivity contribution in [3.8, 4) is 0 Å². The summed E-state index contributed by atoms with van der Waals surface area (Å²) in [6, 6.07) is 7.59. The third kappa shape index (κ3) is 3.52. The summed E-state index contributed by atoms with van der Waals surface area (Å²) >= 11 is 0. The van der Waals surface area contributed by atoms with Crippen LogP contribution in [0.3, 0.4) is 0 Å². The number of allylic oxidation sites excluding steroid dienone is 2. The highest BCUT2D eigenvalue weighted by atomic mass is 32.2. The molecule has 1 aromatic rings. The van der Waals surface area contributed by atoms with Crippen molar-refractivity contribution >= 4 is 21.6 Å². The molecule has 1 N–H and O–H groups in total. The molecule has 2 atom stereocenters. The summed E-state index contributed by atoms with van der Waals surface area (Å²) in [5, 5.41) is 2.83. The van der Waals surface area contributed by atoms with Crippen molar-refractivity contribution in [3.05, 3.63) is 41.5 Å². The predicted octanol–water partition coefficient (Wildman–Crippen LogP) is 2.73. The summed E-state index contributed by atoms with van der Waals surface area (Å²) in [5.41, 5.74) is 2.97. The first-order valence-corrected chi connectivity index (χ1v) is 10.8. The Labute approximate surface area is 156 Å². The van der Waals surface area contributed by atoms with Gasteiger partial charge in [0.2, 0.25) is 15.9 Å². The summed E-state index contributed by atoms with van der Waals surface area (Å²) in [4.78, 5) is 12.5. The maximum atomic E-state index is 12.7. The van der Waals surface area contributed by atoms with Crippen LogP contribution in [0.25, 0.3) is 0 Å². The lowest BCUT2D eigenvalue weighted by atomic mass is 10.1. The van der Waals surface area contributed by atoms with Gasteiger partial charge in [0, 0.05) is 13.1 Å². The first kappa shape index (κ1) is 19.0. The average Bonchev–Trinajstić information content (AvgIpc) is 2.92. The summed E-state index contributed by atoms with van der Waals surface area (Å²) < 4.78 is 26.8. The van der Waals surface area contributed by atoms with E-state index < -0.39 is 10.0 Å². The molecule has 3 rings (SSSR count). The zero-order valence-electron chi connectivity index (χ0n) is 16.0. The molecule has 1 aromatic carbocycles. The molecule has 2 aliphatic rings. The Morgan fingerprint density at radius 3 is 2.69 bits per heavy atom. The molecule has 26 heavy (non-hydrogen) atoms. The van der Waals surface area contributed by atoms with Gasteiger partial charge >= 0.3 is 0 Å². The summed E-state index contributed by atoms with van der Waals surface area (Å²) in [5.74, 6) is 0.0322. The van der Waals surface area contributed by atoms with Crippen molar-refractivity contribution in [1.82, 2.24) is 5.32 Å². The second kappa shape index (κ2) is 6.72. The number of amides is 1. The van der Waals surface area contributed by atoms with Crippen molar-refractivity contribution in [2.75, 3.05) is 23.1 Å². The predicted molar refractivity (Wildman–Crippen MR) is 104 cm³/mol. The highest BCUT2D eigenvalue weighted by molar-refractivity contribution is 7.92. The Morgan fingerprint density at radius 2 is 2.00 bits per heavy atom. The molecule has 1 aliphatic carbocycles. The van der Waals surface area contributed by atoms with E-state index in [0.717, 1.165) is 17.7 Å². The van der Waals surface area contributed by atoms with E-state index in [1.165, 1.54) is 9.88 Å². The van der Waals surface area contributed by atoms with Crippen LogP contribution in [-0.4, -0.2) is 33.2 Å². The zero-order valence-corrected chi connectivity index (χ0v) is 16.8. The first-order chi connectivity index (χ1) is 12.1. The van der Waals surface area contributed by atoms with Crippen LogP contribution < -0.4 is 9.62 Å². The third-order valence-corrected chi connectivity index (χ3v) is 7.32. The molecule has 0 bridgehead atoms. The van der Waals surface area contributed by atoms with Gasteiger partial charge in [0.05, 0.1) is 17.4 Å². The molecule has 0 spiro atoms. The van der Waals surface area contributed by atoms with Crippen LogP contribution in [0.2, 0.25) is 0 Å². The van der Waals surface area contributed by atoms with Crippen LogP contribution in [0.1, 0.15) is 33.3 Å². The number of carbonyl (C=O) groups is 1. The highest BCUT2D eigenvalue weighted by Crippen LogP contribution is 2.59. The van der Waals surface area contributed by atoms with E-state index in [0.29, 0.717) is 6.54 Å². The minimum atomic E-state index is -3.43. The maximum absolute atomic E-state index is 12.7. The van der Waals surface area contributed by atoms with Gasteiger partial charge in [-0.15, -0.1) is 0 Å². The Balaban J connectivity index is 1.57. The fraction of sp³-hybridized carbons (Fsp3) is 0.550. The van der Waals surface area contributed by atoms with Gasteiger partial charge in [-0.1, -0.05) is 43.7 Å². The summed E-state index contributed by atoms with van der Waals surface area (Å²) in [7, 11) is -3.43. The van der Waals surface area contributed by atoms with Gasteiger partial charge in [-0.25, -0.2) is 8.42 Å². The quantitative estimate of drug-likeness (QED) is 0.777. The monoisotopic (exact) mass is 376 g/mol. The van der Waals surface area contributed by atoms with E-state index in [-0.39, 0.29) is 35.5 Å². The summed E-state index contributed by atoms with van der Waals surface area (Å²) in [6.45, 7) is 8.86. The molecule has 1 heterocycles. The normalized spacial score (nSPS) is 23.3. The fourth-order valence-electron chi connectivity index (χ4n) is 3.97. The van der Waals surface area contributed by atoms with E-state index in [2.05, 4.69) is 25.2 Å². The largest absolute Gasteiger partial charge is 0.355 e. The molecule has 1 saturated carbocycles. The van der Waals surface area contributed by atoms with Gasteiger partial charge in [0.1, 0.15) is 0 Å². The summed E-state index contributed by atoms with van der Waals surface area (Å²) in [6.07, 6.45) is 2.88. The number of rotatable bonds is 6. The van der Waals surface area contributed by atoms with Gasteiger partial charge in [-0.2, -0.15) is 0 Å². The van der Waals surface area contributed by atoms with Crippen LogP contribution in [-0.2, 0) is 21.2 Å². The minimum absolute atomic E-state index is 0.0467. The van der Waals surface area contributed by atoms with Gasteiger partial charge < -0.3 is 5.32 Å². The number of nitrogens with one attached hydrogen (secondary N) is 1. The lowest BCUT2D eigenvalue weighted by Gasteiger charge is -2.19. The van der Waals surface area contributed by atoms with E-state index in [1.54, 1.807) is 0 Å². The van der Waals surface area contributed by atoms with Crippen LogP contribution >= 0.6 is 0 Å². The van der Waals surface area contributed by atoms with Crippen molar-refractivity contribution in [2.24, 2.45) is 17.3 Å². The number of carbonyl (C=O) groups excluding carboxylic acids is 1. The third-order valence-electron chi connectivity index (χ3n) is 5.55. The topological polar surface area (TPSA) is 66.5 Å². The molecule has 0 saturated heterocycles. The second-order valence-electron chi connectivity index (χ2n) is 8.13. The molecular formula is C20H28N2O3S. The van der Waals surface area contributed by atoms with Gasteiger partial charge in [0.15, 0.2) is 0 Å². The lowest BCUT2D eigenvalue weighted by Crippen LogP contribution is -2.37. The Kier molecular flexibility index (Phi) is 4.90.